The van der Waals surface area contributed by atoms with Crippen molar-refractivity contribution in [2.24, 2.45) is 0 Å². The van der Waals surface area contributed by atoms with Gasteiger partial charge in [-0.15, -0.1) is 0 Å². The van der Waals surface area contributed by atoms with E-state index in [9.17, 15) is 0 Å². The third kappa shape index (κ3) is 13.0. The molecule has 0 spiro atoms. The fraction of sp³-hybridized carbons (Fsp3) is 0.667. The van der Waals surface area contributed by atoms with E-state index in [2.05, 4.69) is 90.1 Å². The van der Waals surface area contributed by atoms with Gasteiger partial charge in [0.1, 0.15) is 0 Å². The van der Waals surface area contributed by atoms with Gasteiger partial charge in [0.05, 0.1) is 0 Å². The molecule has 5 heteroatoms. The molecule has 0 radical (unpaired) electrons. The molecule has 0 aliphatic heterocycles. The Kier molecular flexibility index (Phi) is 19.1. The number of aryl methyl sites for hydroxylation is 2. The van der Waals surface area contributed by atoms with E-state index in [1.807, 2.05) is 0 Å². The van der Waals surface area contributed by atoms with Crippen molar-refractivity contribution >= 4 is 38.4 Å². The Balaban J connectivity index is 2.62. The number of rotatable bonds is 24. The second-order valence-corrected chi connectivity index (χ2v) is 33.7. The summed E-state index contributed by atoms with van der Waals surface area (Å²) in [5.41, 5.74) is 2.72. The van der Waals surface area contributed by atoms with E-state index >= 15 is 0 Å². The van der Waals surface area contributed by atoms with E-state index < -0.39 is 38.4 Å². The van der Waals surface area contributed by atoms with Gasteiger partial charge >= 0.3 is 266 Å². The summed E-state index contributed by atoms with van der Waals surface area (Å²) < 4.78 is 27.3. The summed E-state index contributed by atoms with van der Waals surface area (Å²) in [6.45, 7) is 13.8. The fourth-order valence-electron chi connectivity index (χ4n) is 5.58. The van der Waals surface area contributed by atoms with Crippen molar-refractivity contribution in [1.82, 2.24) is 0 Å². The van der Waals surface area contributed by atoms with Crippen molar-refractivity contribution in [2.45, 2.75) is 149 Å². The van der Waals surface area contributed by atoms with Gasteiger partial charge in [-0.05, 0) is 0 Å². The monoisotopic (exact) mass is 782 g/mol. The zero-order valence-electron chi connectivity index (χ0n) is 27.6. The molecule has 0 unspecified atom stereocenters. The number of benzene rings is 2. The van der Waals surface area contributed by atoms with E-state index in [4.69, 9.17) is 7.56 Å². The van der Waals surface area contributed by atoms with Crippen molar-refractivity contribution < 1.29 is 7.56 Å². The van der Waals surface area contributed by atoms with Crippen LogP contribution in [-0.2, 0) is 14.3 Å². The zero-order valence-corrected chi connectivity index (χ0v) is 33.3. The predicted octanol–water partition coefficient (Wildman–Crippen LogP) is 11.9. The Labute approximate surface area is 264 Å². The van der Waals surface area contributed by atoms with Crippen LogP contribution in [0.4, 0.5) is 0 Å². The Hall–Kier alpha value is -0.403. The van der Waals surface area contributed by atoms with Crippen molar-refractivity contribution in [3.63, 3.8) is 0 Å². The Morgan fingerprint density at radius 2 is 0.756 bits per heavy atom. The first-order chi connectivity index (χ1) is 20.0. The SMILES string of the molecule is CCCCc1ccccc1[O][Sn]([CH2]CCC)([CH2]CCC)[O][Sn]([CH2]CCC)([CH2]CCC)[O]c1ccccc1CCCC. The van der Waals surface area contributed by atoms with Gasteiger partial charge in [-0.3, -0.25) is 0 Å². The van der Waals surface area contributed by atoms with Crippen LogP contribution in [0.15, 0.2) is 48.5 Å². The third-order valence-corrected chi connectivity index (χ3v) is 40.6. The van der Waals surface area contributed by atoms with Crippen LogP contribution in [-0.4, -0.2) is 38.4 Å². The van der Waals surface area contributed by atoms with Gasteiger partial charge in [0.15, 0.2) is 0 Å². The predicted molar refractivity (Wildman–Crippen MR) is 183 cm³/mol. The average molecular weight is 780 g/mol. The molecule has 232 valence electrons. The van der Waals surface area contributed by atoms with E-state index in [-0.39, 0.29) is 0 Å². The molecule has 0 fully saturated rings. The first-order valence-corrected chi connectivity index (χ1v) is 30.0. The summed E-state index contributed by atoms with van der Waals surface area (Å²) in [6, 6.07) is 17.7. The van der Waals surface area contributed by atoms with Crippen LogP contribution in [0.5, 0.6) is 11.5 Å². The van der Waals surface area contributed by atoms with Crippen molar-refractivity contribution in [3.05, 3.63) is 59.7 Å². The molecule has 0 saturated heterocycles. The van der Waals surface area contributed by atoms with Crippen LogP contribution in [0.25, 0.3) is 0 Å². The molecule has 0 aromatic heterocycles. The fourth-order valence-corrected chi connectivity index (χ4v) is 47.5. The van der Waals surface area contributed by atoms with Gasteiger partial charge in [0, 0.05) is 0 Å². The van der Waals surface area contributed by atoms with E-state index in [0.29, 0.717) is 0 Å². The summed E-state index contributed by atoms with van der Waals surface area (Å²) in [7, 11) is 0. The van der Waals surface area contributed by atoms with Crippen molar-refractivity contribution in [3.8, 4) is 11.5 Å². The molecule has 3 nitrogen and oxygen atoms in total. The number of para-hydroxylation sites is 2. The minimum absolute atomic E-state index is 1.08. The first-order valence-electron chi connectivity index (χ1n) is 17.2. The number of unbranched alkanes of at least 4 members (excludes halogenated alkanes) is 6. The van der Waals surface area contributed by atoms with Crippen molar-refractivity contribution in [2.75, 3.05) is 0 Å². The standard InChI is InChI=1S/2C10H14O.4C4H9.O.2Sn/c2*1-2-3-6-9-7-4-5-8-10(9)11;4*1-3-4-2;;;/h2*4-5,7-8,11H,2-3,6H2,1H3;4*1,3-4H2,2H3;;;/q;;;;;;;2*+1/p-2. The molecule has 0 N–H and O–H groups in total. The topological polar surface area (TPSA) is 27.7 Å². The van der Waals surface area contributed by atoms with Crippen LogP contribution in [0.3, 0.4) is 0 Å². The molecule has 0 aliphatic rings. The zero-order chi connectivity index (χ0) is 29.8. The molecule has 2 rings (SSSR count). The quantitative estimate of drug-likeness (QED) is 0.0993. The van der Waals surface area contributed by atoms with E-state index in [1.54, 1.807) is 0 Å². The molecule has 2 aromatic rings. The summed E-state index contributed by atoms with van der Waals surface area (Å²) in [4.78, 5) is 0. The maximum absolute atomic E-state index is 7.94. The summed E-state index contributed by atoms with van der Waals surface area (Å²) in [6.07, 6.45) is 16.4. The van der Waals surface area contributed by atoms with Crippen LogP contribution in [0, 0.1) is 0 Å². The Morgan fingerprint density at radius 1 is 0.439 bits per heavy atom. The van der Waals surface area contributed by atoms with Gasteiger partial charge < -0.3 is 0 Å². The van der Waals surface area contributed by atoms with Crippen LogP contribution in [0.2, 0.25) is 17.7 Å². The molecule has 0 amide bonds. The molecule has 0 heterocycles. The van der Waals surface area contributed by atoms with Gasteiger partial charge in [-0.1, -0.05) is 0 Å². The van der Waals surface area contributed by atoms with Crippen LogP contribution >= 0.6 is 0 Å². The minimum atomic E-state index is -3.63. The van der Waals surface area contributed by atoms with Gasteiger partial charge in [0.2, 0.25) is 0 Å². The summed E-state index contributed by atoms with van der Waals surface area (Å²) in [5, 5.41) is 0. The van der Waals surface area contributed by atoms with Gasteiger partial charge in [-0.25, -0.2) is 0 Å². The maximum atomic E-state index is 7.94. The second-order valence-electron chi connectivity index (χ2n) is 12.0. The van der Waals surface area contributed by atoms with Crippen LogP contribution < -0.4 is 6.15 Å². The van der Waals surface area contributed by atoms with Gasteiger partial charge in [0.25, 0.3) is 0 Å². The molecule has 0 saturated carbocycles. The molecule has 0 atom stereocenters. The normalized spacial score (nSPS) is 12.0. The molecular formula is C36H62O3Sn2. The molecular weight excluding hydrogens is 718 g/mol. The summed E-state index contributed by atoms with van der Waals surface area (Å²) in [5.74, 6) is 2.22. The van der Waals surface area contributed by atoms with E-state index in [0.717, 1.165) is 42.1 Å². The average Bonchev–Trinajstić information content (AvgIpc) is 3.00. The molecule has 41 heavy (non-hydrogen) atoms. The summed E-state index contributed by atoms with van der Waals surface area (Å²) >= 11 is -7.25. The Bertz CT molecular complexity index is 856. The molecule has 0 aliphatic carbocycles. The molecule has 2 aromatic carbocycles. The van der Waals surface area contributed by atoms with Crippen molar-refractivity contribution in [1.29, 1.82) is 0 Å². The van der Waals surface area contributed by atoms with Gasteiger partial charge in [-0.2, -0.15) is 0 Å². The van der Waals surface area contributed by atoms with E-state index in [1.165, 1.54) is 88.2 Å². The second kappa shape index (κ2) is 21.3. The Morgan fingerprint density at radius 3 is 1.07 bits per heavy atom. The number of hydrogen-bond acceptors (Lipinski definition) is 3. The molecule has 0 bridgehead atoms. The van der Waals surface area contributed by atoms with Crippen LogP contribution in [0.1, 0.15) is 130 Å². The first kappa shape index (κ1) is 36.8. The number of hydrogen-bond donors (Lipinski definition) is 0. The third-order valence-electron chi connectivity index (χ3n) is 8.15.